The average Bonchev–Trinajstić information content (AvgIpc) is 2.65. The fourth-order valence-electron chi connectivity index (χ4n) is 2.35. The Kier molecular flexibility index (Phi) is 8.07. The zero-order valence-electron chi connectivity index (χ0n) is 15.5. The van der Waals surface area contributed by atoms with E-state index in [2.05, 4.69) is 20.9 Å². The van der Waals surface area contributed by atoms with Crippen LogP contribution < -0.4 is 16.0 Å². The van der Waals surface area contributed by atoms with Crippen molar-refractivity contribution in [3.63, 3.8) is 0 Å². The molecule has 0 aromatic heterocycles. The third kappa shape index (κ3) is 6.90. The van der Waals surface area contributed by atoms with Crippen LogP contribution in [0.5, 0.6) is 0 Å². The molecule has 0 aliphatic heterocycles. The van der Waals surface area contributed by atoms with E-state index in [1.165, 1.54) is 12.1 Å². The van der Waals surface area contributed by atoms with Crippen LogP contribution in [0.4, 0.5) is 10.1 Å². The minimum absolute atomic E-state index is 0.109. The number of hydrogen-bond donors (Lipinski definition) is 3. The zero-order valence-corrected chi connectivity index (χ0v) is 16.2. The van der Waals surface area contributed by atoms with Crippen LogP contribution in [0.3, 0.4) is 0 Å². The van der Waals surface area contributed by atoms with Crippen molar-refractivity contribution in [2.24, 2.45) is 4.99 Å². The highest BCUT2D eigenvalue weighted by atomic mass is 35.5. The molecule has 1 amide bonds. The summed E-state index contributed by atoms with van der Waals surface area (Å²) < 4.78 is 12.9. The molecule has 0 radical (unpaired) electrons. The number of nitrogens with zero attached hydrogens (tertiary/aromatic N) is 1. The minimum atomic E-state index is -0.270. The van der Waals surface area contributed by atoms with Crippen molar-refractivity contribution in [2.75, 3.05) is 18.4 Å². The van der Waals surface area contributed by atoms with Crippen LogP contribution in [0.2, 0.25) is 5.02 Å². The summed E-state index contributed by atoms with van der Waals surface area (Å²) >= 11 is 6.06. The second-order valence-corrected chi connectivity index (χ2v) is 6.37. The van der Waals surface area contributed by atoms with Gasteiger partial charge in [-0.05, 0) is 49.2 Å². The zero-order chi connectivity index (χ0) is 19.6. The van der Waals surface area contributed by atoms with Crippen molar-refractivity contribution in [3.05, 3.63) is 64.4 Å². The smallest absolute Gasteiger partial charge is 0.226 e. The summed E-state index contributed by atoms with van der Waals surface area (Å²) in [7, 11) is 0. The number of nitrogens with one attached hydrogen (secondary N) is 3. The predicted molar refractivity (Wildman–Crippen MR) is 109 cm³/mol. The van der Waals surface area contributed by atoms with Crippen LogP contribution >= 0.6 is 11.6 Å². The second-order valence-electron chi connectivity index (χ2n) is 5.96. The number of halogens is 2. The normalized spacial score (nSPS) is 11.2. The molecule has 0 saturated carbocycles. The molecule has 3 N–H and O–H groups in total. The largest absolute Gasteiger partial charge is 0.357 e. The quantitative estimate of drug-likeness (QED) is 0.496. The van der Waals surface area contributed by atoms with Crippen LogP contribution in [0.15, 0.2) is 47.5 Å². The summed E-state index contributed by atoms with van der Waals surface area (Å²) in [6.45, 7) is 5.37. The van der Waals surface area contributed by atoms with E-state index in [0.29, 0.717) is 36.3 Å². The summed E-state index contributed by atoms with van der Waals surface area (Å²) in [6, 6.07) is 11.6. The number of amides is 1. The molecular formula is C20H24ClFN4O. The molecule has 0 bridgehead atoms. The van der Waals surface area contributed by atoms with Crippen molar-refractivity contribution in [2.45, 2.75) is 26.8 Å². The molecular weight excluding hydrogens is 367 g/mol. The van der Waals surface area contributed by atoms with Crippen LogP contribution in [0, 0.1) is 12.7 Å². The summed E-state index contributed by atoms with van der Waals surface area (Å²) in [5.41, 5.74) is 2.46. The number of hydrogen-bond acceptors (Lipinski definition) is 2. The second kappa shape index (κ2) is 10.5. The molecule has 2 aromatic carbocycles. The van der Waals surface area contributed by atoms with Crippen molar-refractivity contribution < 1.29 is 9.18 Å². The molecule has 0 fully saturated rings. The lowest BCUT2D eigenvalue weighted by atomic mass is 10.2. The third-order valence-corrected chi connectivity index (χ3v) is 4.27. The van der Waals surface area contributed by atoms with Gasteiger partial charge in [0.05, 0.1) is 6.54 Å². The first-order valence-electron chi connectivity index (χ1n) is 8.81. The monoisotopic (exact) mass is 390 g/mol. The fraction of sp³-hybridized carbons (Fsp3) is 0.300. The van der Waals surface area contributed by atoms with Crippen molar-refractivity contribution >= 4 is 29.2 Å². The Balaban J connectivity index is 1.84. The van der Waals surface area contributed by atoms with E-state index < -0.39 is 0 Å². The Bertz CT molecular complexity index is 793. The van der Waals surface area contributed by atoms with E-state index in [9.17, 15) is 9.18 Å². The fourth-order valence-corrected chi connectivity index (χ4v) is 2.53. The predicted octanol–water partition coefficient (Wildman–Crippen LogP) is 3.87. The molecule has 0 atom stereocenters. The molecule has 0 unspecified atom stereocenters. The standard InChI is InChI=1S/C20H24ClFN4O/c1-3-23-20(25-13-15-7-9-16(22)10-8-15)24-12-11-19(27)26-18-6-4-5-17(21)14(18)2/h4-10H,3,11-13H2,1-2H3,(H,26,27)(H2,23,24,25). The SMILES string of the molecule is CCNC(=NCc1ccc(F)cc1)NCCC(=O)Nc1cccc(Cl)c1C. The van der Waals surface area contributed by atoms with E-state index in [0.717, 1.165) is 11.1 Å². The number of anilines is 1. The van der Waals surface area contributed by atoms with Crippen LogP contribution in [-0.4, -0.2) is 25.0 Å². The molecule has 0 heterocycles. The first-order valence-corrected chi connectivity index (χ1v) is 9.19. The molecule has 7 heteroatoms. The lowest BCUT2D eigenvalue weighted by Gasteiger charge is -2.12. The van der Waals surface area contributed by atoms with E-state index in [4.69, 9.17) is 11.6 Å². The van der Waals surface area contributed by atoms with E-state index >= 15 is 0 Å². The van der Waals surface area contributed by atoms with Crippen LogP contribution in [0.1, 0.15) is 24.5 Å². The molecule has 0 aliphatic rings. The summed E-state index contributed by atoms with van der Waals surface area (Å²) in [6.07, 6.45) is 0.285. The van der Waals surface area contributed by atoms with Crippen LogP contribution in [-0.2, 0) is 11.3 Å². The van der Waals surface area contributed by atoms with Crippen LogP contribution in [0.25, 0.3) is 0 Å². The van der Waals surface area contributed by atoms with Crippen molar-refractivity contribution in [3.8, 4) is 0 Å². The van der Waals surface area contributed by atoms with Gasteiger partial charge >= 0.3 is 0 Å². The van der Waals surface area contributed by atoms with Gasteiger partial charge in [-0.1, -0.05) is 29.8 Å². The number of carbonyl (C=O) groups excluding carboxylic acids is 1. The summed E-state index contributed by atoms with van der Waals surface area (Å²) in [5, 5.41) is 9.72. The molecule has 0 spiro atoms. The summed E-state index contributed by atoms with van der Waals surface area (Å²) in [4.78, 5) is 16.6. The molecule has 0 aliphatic carbocycles. The van der Waals surface area contributed by atoms with E-state index in [1.54, 1.807) is 24.3 Å². The lowest BCUT2D eigenvalue weighted by molar-refractivity contribution is -0.116. The lowest BCUT2D eigenvalue weighted by Crippen LogP contribution is -2.38. The Morgan fingerprint density at radius 3 is 2.59 bits per heavy atom. The highest BCUT2D eigenvalue weighted by Crippen LogP contribution is 2.22. The number of rotatable bonds is 7. The van der Waals surface area contributed by atoms with Gasteiger partial charge in [0.1, 0.15) is 5.82 Å². The van der Waals surface area contributed by atoms with Crippen molar-refractivity contribution in [1.82, 2.24) is 10.6 Å². The third-order valence-electron chi connectivity index (χ3n) is 3.86. The van der Waals surface area contributed by atoms with Gasteiger partial charge < -0.3 is 16.0 Å². The summed E-state index contributed by atoms with van der Waals surface area (Å²) in [5.74, 6) is 0.226. The average molecular weight is 391 g/mol. The Hall–Kier alpha value is -2.60. The van der Waals surface area contributed by atoms with Gasteiger partial charge in [0.15, 0.2) is 5.96 Å². The van der Waals surface area contributed by atoms with Gasteiger partial charge in [-0.15, -0.1) is 0 Å². The molecule has 5 nitrogen and oxygen atoms in total. The van der Waals surface area contributed by atoms with Gasteiger partial charge in [0.2, 0.25) is 5.91 Å². The van der Waals surface area contributed by atoms with E-state index in [1.807, 2.05) is 19.9 Å². The number of aliphatic imine (C=N–C) groups is 1. The molecule has 144 valence electrons. The van der Waals surface area contributed by atoms with Gasteiger partial charge in [-0.25, -0.2) is 9.38 Å². The molecule has 27 heavy (non-hydrogen) atoms. The van der Waals surface area contributed by atoms with Crippen molar-refractivity contribution in [1.29, 1.82) is 0 Å². The Morgan fingerprint density at radius 1 is 1.15 bits per heavy atom. The maximum Gasteiger partial charge on any atom is 0.226 e. The first kappa shape index (κ1) is 20.7. The first-order chi connectivity index (χ1) is 13.0. The van der Waals surface area contributed by atoms with Gasteiger partial charge in [-0.3, -0.25) is 4.79 Å². The Morgan fingerprint density at radius 2 is 1.89 bits per heavy atom. The van der Waals surface area contributed by atoms with Gasteiger partial charge in [0.25, 0.3) is 0 Å². The van der Waals surface area contributed by atoms with E-state index in [-0.39, 0.29) is 18.1 Å². The minimum Gasteiger partial charge on any atom is -0.357 e. The van der Waals surface area contributed by atoms with Gasteiger partial charge in [0, 0.05) is 30.2 Å². The number of guanidine groups is 1. The molecule has 0 saturated heterocycles. The molecule has 2 rings (SSSR count). The maximum absolute atomic E-state index is 12.9. The highest BCUT2D eigenvalue weighted by molar-refractivity contribution is 6.31. The topological polar surface area (TPSA) is 65.5 Å². The Labute approximate surface area is 164 Å². The number of benzene rings is 2. The highest BCUT2D eigenvalue weighted by Gasteiger charge is 2.07. The number of carbonyl (C=O) groups is 1. The molecule has 2 aromatic rings. The van der Waals surface area contributed by atoms with Gasteiger partial charge in [-0.2, -0.15) is 0 Å². The maximum atomic E-state index is 12.9.